The van der Waals surface area contributed by atoms with E-state index in [0.717, 1.165) is 18.2 Å². The molecule has 2 aromatic carbocycles. The van der Waals surface area contributed by atoms with Gasteiger partial charge >= 0.3 is 0 Å². The first kappa shape index (κ1) is 17.3. The molecule has 0 aliphatic rings. The van der Waals surface area contributed by atoms with E-state index in [-0.39, 0.29) is 17.9 Å². The minimum Gasteiger partial charge on any atom is -0.343 e. The van der Waals surface area contributed by atoms with Crippen molar-refractivity contribution in [1.29, 1.82) is 0 Å². The van der Waals surface area contributed by atoms with Crippen molar-refractivity contribution in [3.05, 3.63) is 65.2 Å². The topological polar surface area (TPSA) is 75.3 Å². The van der Waals surface area contributed by atoms with Gasteiger partial charge in [-0.3, -0.25) is 14.4 Å². The number of anilines is 1. The maximum Gasteiger partial charge on any atom is 0.251 e. The highest BCUT2D eigenvalue weighted by molar-refractivity contribution is 6.00. The largest absolute Gasteiger partial charge is 0.343 e. The van der Waals surface area contributed by atoms with Crippen LogP contribution in [0, 0.1) is 11.6 Å². The monoisotopic (exact) mass is 332 g/mol. The summed E-state index contributed by atoms with van der Waals surface area (Å²) >= 11 is 0. The molecule has 2 aromatic rings. The number of rotatable bonds is 5. The van der Waals surface area contributed by atoms with Crippen LogP contribution < -0.4 is 10.6 Å². The maximum atomic E-state index is 13.1. The second kappa shape index (κ2) is 7.45. The van der Waals surface area contributed by atoms with Crippen molar-refractivity contribution in [1.82, 2.24) is 5.32 Å². The Bertz CT molecular complexity index is 806. The van der Waals surface area contributed by atoms with Gasteiger partial charge in [0.25, 0.3) is 5.91 Å². The number of ketones is 1. The Labute approximate surface area is 136 Å². The summed E-state index contributed by atoms with van der Waals surface area (Å²) in [6.45, 7) is 1.05. The van der Waals surface area contributed by atoms with Crippen molar-refractivity contribution in [3.8, 4) is 0 Å². The second-order valence-electron chi connectivity index (χ2n) is 5.00. The Morgan fingerprint density at radius 2 is 1.71 bits per heavy atom. The van der Waals surface area contributed by atoms with Crippen molar-refractivity contribution in [3.63, 3.8) is 0 Å². The van der Waals surface area contributed by atoms with Gasteiger partial charge < -0.3 is 10.6 Å². The molecule has 0 bridgehead atoms. The zero-order valence-electron chi connectivity index (χ0n) is 12.7. The molecular weight excluding hydrogens is 318 g/mol. The van der Waals surface area contributed by atoms with E-state index in [1.54, 1.807) is 18.2 Å². The van der Waals surface area contributed by atoms with E-state index in [1.165, 1.54) is 13.0 Å². The number of hydrogen-bond acceptors (Lipinski definition) is 3. The van der Waals surface area contributed by atoms with Crippen LogP contribution in [0.5, 0.6) is 0 Å². The van der Waals surface area contributed by atoms with E-state index in [9.17, 15) is 23.2 Å². The van der Waals surface area contributed by atoms with E-state index >= 15 is 0 Å². The molecule has 0 unspecified atom stereocenters. The Morgan fingerprint density at radius 1 is 0.958 bits per heavy atom. The summed E-state index contributed by atoms with van der Waals surface area (Å²) in [6, 6.07) is 9.03. The number of carbonyl (C=O) groups excluding carboxylic acids is 3. The van der Waals surface area contributed by atoms with Crippen molar-refractivity contribution in [2.45, 2.75) is 6.92 Å². The standard InChI is InChI=1S/C17H14F2N2O3/c1-10(22)11-3-2-4-13(7-11)21-16(23)9-20-17(24)12-5-6-14(18)15(19)8-12/h2-8H,9H2,1H3,(H,20,24)(H,21,23). The number of carbonyl (C=O) groups is 3. The van der Waals surface area contributed by atoms with E-state index < -0.39 is 23.4 Å². The zero-order chi connectivity index (χ0) is 17.7. The Morgan fingerprint density at radius 3 is 2.38 bits per heavy atom. The summed E-state index contributed by atoms with van der Waals surface area (Å²) in [5, 5.41) is 4.82. The summed E-state index contributed by atoms with van der Waals surface area (Å²) in [4.78, 5) is 34.9. The van der Waals surface area contributed by atoms with E-state index in [1.807, 2.05) is 0 Å². The molecule has 0 aliphatic carbocycles. The third-order valence-electron chi connectivity index (χ3n) is 3.14. The lowest BCUT2D eigenvalue weighted by Gasteiger charge is -2.08. The quantitative estimate of drug-likeness (QED) is 0.826. The Balaban J connectivity index is 1.93. The van der Waals surface area contributed by atoms with Crippen LogP contribution >= 0.6 is 0 Å². The Kier molecular flexibility index (Phi) is 5.36. The van der Waals surface area contributed by atoms with Crippen molar-refractivity contribution in [2.75, 3.05) is 11.9 Å². The minimum atomic E-state index is -1.15. The number of Topliss-reactive ketones (excluding diaryl/α,β-unsaturated/α-hetero) is 1. The first-order valence-electron chi connectivity index (χ1n) is 7.01. The van der Waals surface area contributed by atoms with Crippen molar-refractivity contribution < 1.29 is 23.2 Å². The molecule has 0 aromatic heterocycles. The van der Waals surface area contributed by atoms with Gasteiger partial charge in [0.05, 0.1) is 6.54 Å². The molecule has 24 heavy (non-hydrogen) atoms. The molecule has 0 saturated heterocycles. The highest BCUT2D eigenvalue weighted by atomic mass is 19.2. The molecule has 0 aliphatic heterocycles. The van der Waals surface area contributed by atoms with Gasteiger partial charge in [-0.15, -0.1) is 0 Å². The normalized spacial score (nSPS) is 10.1. The number of halogens is 2. The van der Waals surface area contributed by atoms with Gasteiger partial charge in [-0.1, -0.05) is 12.1 Å². The van der Waals surface area contributed by atoms with Gasteiger partial charge in [-0.05, 0) is 37.3 Å². The zero-order valence-corrected chi connectivity index (χ0v) is 12.7. The van der Waals surface area contributed by atoms with Gasteiger partial charge in [0, 0.05) is 16.8 Å². The molecule has 2 N–H and O–H groups in total. The van der Waals surface area contributed by atoms with Gasteiger partial charge in [0.2, 0.25) is 5.91 Å². The lowest BCUT2D eigenvalue weighted by molar-refractivity contribution is -0.115. The molecular formula is C17H14F2N2O3. The molecule has 0 heterocycles. The van der Waals surface area contributed by atoms with Crippen LogP contribution in [-0.2, 0) is 4.79 Å². The molecule has 0 fully saturated rings. The molecule has 2 rings (SSSR count). The summed E-state index contributed by atoms with van der Waals surface area (Å²) in [6.07, 6.45) is 0. The third-order valence-corrected chi connectivity index (χ3v) is 3.14. The lowest BCUT2D eigenvalue weighted by atomic mass is 10.1. The van der Waals surface area contributed by atoms with Gasteiger partial charge in [0.15, 0.2) is 17.4 Å². The third kappa shape index (κ3) is 4.45. The van der Waals surface area contributed by atoms with Crippen LogP contribution in [0.2, 0.25) is 0 Å². The maximum absolute atomic E-state index is 13.1. The molecule has 5 nitrogen and oxygen atoms in total. The average Bonchev–Trinajstić information content (AvgIpc) is 2.55. The summed E-state index contributed by atoms with van der Waals surface area (Å²) in [5.74, 6) is -3.58. The Hall–Kier alpha value is -3.09. The highest BCUT2D eigenvalue weighted by Crippen LogP contribution is 2.11. The number of hydrogen-bond donors (Lipinski definition) is 2. The van der Waals surface area contributed by atoms with Crippen LogP contribution in [0.25, 0.3) is 0 Å². The summed E-state index contributed by atoms with van der Waals surface area (Å²) in [5.41, 5.74) is 0.758. The highest BCUT2D eigenvalue weighted by Gasteiger charge is 2.11. The van der Waals surface area contributed by atoms with Crippen LogP contribution in [0.3, 0.4) is 0 Å². The van der Waals surface area contributed by atoms with Crippen molar-refractivity contribution in [2.24, 2.45) is 0 Å². The van der Waals surface area contributed by atoms with Gasteiger partial charge in [-0.2, -0.15) is 0 Å². The van der Waals surface area contributed by atoms with Gasteiger partial charge in [-0.25, -0.2) is 8.78 Å². The molecule has 0 saturated carbocycles. The number of benzene rings is 2. The summed E-state index contributed by atoms with van der Waals surface area (Å²) < 4.78 is 25.9. The second-order valence-corrected chi connectivity index (χ2v) is 5.00. The fraction of sp³-hybridized carbons (Fsp3) is 0.118. The SMILES string of the molecule is CC(=O)c1cccc(NC(=O)CNC(=O)c2ccc(F)c(F)c2)c1. The van der Waals surface area contributed by atoms with Crippen LogP contribution in [0.4, 0.5) is 14.5 Å². The van der Waals surface area contributed by atoms with Crippen LogP contribution in [0.1, 0.15) is 27.6 Å². The van der Waals surface area contributed by atoms with E-state index in [2.05, 4.69) is 10.6 Å². The molecule has 0 atom stereocenters. The first-order chi connectivity index (χ1) is 11.4. The van der Waals surface area contributed by atoms with Gasteiger partial charge in [0.1, 0.15) is 0 Å². The fourth-order valence-corrected chi connectivity index (χ4v) is 1.92. The molecule has 124 valence electrons. The van der Waals surface area contributed by atoms with Crippen molar-refractivity contribution >= 4 is 23.3 Å². The molecule has 7 heteroatoms. The predicted octanol–water partition coefficient (Wildman–Crippen LogP) is 2.54. The minimum absolute atomic E-state index is 0.0970. The smallest absolute Gasteiger partial charge is 0.251 e. The van der Waals surface area contributed by atoms with Crippen LogP contribution in [0.15, 0.2) is 42.5 Å². The lowest BCUT2D eigenvalue weighted by Crippen LogP contribution is -2.32. The fourth-order valence-electron chi connectivity index (χ4n) is 1.92. The molecule has 2 amide bonds. The van der Waals surface area contributed by atoms with Crippen LogP contribution in [-0.4, -0.2) is 24.1 Å². The molecule has 0 radical (unpaired) electrons. The van der Waals surface area contributed by atoms with E-state index in [0.29, 0.717) is 11.3 Å². The first-order valence-corrected chi connectivity index (χ1v) is 7.01. The average molecular weight is 332 g/mol. The summed E-state index contributed by atoms with van der Waals surface area (Å²) in [7, 11) is 0. The van der Waals surface area contributed by atoms with E-state index in [4.69, 9.17) is 0 Å². The number of nitrogens with one attached hydrogen (secondary N) is 2. The number of amides is 2. The molecule has 0 spiro atoms. The predicted molar refractivity (Wildman–Crippen MR) is 83.8 cm³/mol.